The summed E-state index contributed by atoms with van der Waals surface area (Å²) in [6.07, 6.45) is 2.94. The molecular weight excluding hydrogens is 275 g/mol. The van der Waals surface area contributed by atoms with Crippen LogP contribution in [0, 0.1) is 11.2 Å². The maximum absolute atomic E-state index is 13.5. The third-order valence-electron chi connectivity index (χ3n) is 4.50. The summed E-state index contributed by atoms with van der Waals surface area (Å²) in [7, 11) is 0. The molecule has 1 aliphatic heterocycles. The summed E-state index contributed by atoms with van der Waals surface area (Å²) in [5.41, 5.74) is 0.305. The van der Waals surface area contributed by atoms with Gasteiger partial charge in [0.05, 0.1) is 6.54 Å². The van der Waals surface area contributed by atoms with Crippen molar-refractivity contribution in [2.75, 3.05) is 13.2 Å². The first-order valence-electron chi connectivity index (χ1n) is 7.19. The predicted octanol–water partition coefficient (Wildman–Crippen LogP) is 1.90. The number of amides is 2. The molecule has 114 valence electrons. The van der Waals surface area contributed by atoms with E-state index in [1.165, 1.54) is 18.2 Å². The molecule has 3 rings (SSSR count). The Labute approximate surface area is 122 Å². The molecule has 21 heavy (non-hydrogen) atoms. The van der Waals surface area contributed by atoms with Crippen LogP contribution >= 0.6 is 0 Å². The smallest absolute Gasteiger partial charge is 0.315 e. The van der Waals surface area contributed by atoms with Gasteiger partial charge in [-0.05, 0) is 36.8 Å². The van der Waals surface area contributed by atoms with Gasteiger partial charge in [0.1, 0.15) is 11.6 Å². The molecular formula is C15H19FN2O3. The first kappa shape index (κ1) is 14.1. The van der Waals surface area contributed by atoms with Gasteiger partial charge in [-0.15, -0.1) is 0 Å². The van der Waals surface area contributed by atoms with Gasteiger partial charge in [-0.25, -0.2) is 9.18 Å². The maximum atomic E-state index is 13.5. The van der Waals surface area contributed by atoms with E-state index >= 15 is 0 Å². The number of carbonyl (C=O) groups is 1. The minimum Gasteiger partial charge on any atom is -0.507 e. The van der Waals surface area contributed by atoms with Crippen molar-refractivity contribution in [3.63, 3.8) is 0 Å². The fourth-order valence-electron chi connectivity index (χ4n) is 2.98. The third-order valence-corrected chi connectivity index (χ3v) is 4.50. The van der Waals surface area contributed by atoms with Crippen LogP contribution in [0.2, 0.25) is 0 Å². The highest BCUT2D eigenvalue weighted by Gasteiger charge is 2.55. The molecule has 0 radical (unpaired) electrons. The number of hydrogen-bond donors (Lipinski definition) is 3. The summed E-state index contributed by atoms with van der Waals surface area (Å²) >= 11 is 0. The molecule has 1 aliphatic carbocycles. The summed E-state index contributed by atoms with van der Waals surface area (Å²) in [4.78, 5) is 11.9. The molecule has 1 aromatic carbocycles. The molecule has 1 spiro atoms. The summed E-state index contributed by atoms with van der Waals surface area (Å²) in [5, 5.41) is 15.1. The highest BCUT2D eigenvalue weighted by Crippen LogP contribution is 2.53. The molecule has 0 bridgehead atoms. The summed E-state index contributed by atoms with van der Waals surface area (Å²) in [6, 6.07) is 3.93. The lowest BCUT2D eigenvalue weighted by atomic mass is 9.96. The van der Waals surface area contributed by atoms with E-state index in [2.05, 4.69) is 10.6 Å². The Kier molecular flexibility index (Phi) is 3.71. The molecule has 5 nitrogen and oxygen atoms in total. The second kappa shape index (κ2) is 5.52. The van der Waals surface area contributed by atoms with Crippen LogP contribution in [-0.2, 0) is 11.3 Å². The number of urea groups is 1. The summed E-state index contributed by atoms with van der Waals surface area (Å²) < 4.78 is 18.8. The second-order valence-electron chi connectivity index (χ2n) is 5.80. The van der Waals surface area contributed by atoms with Gasteiger partial charge >= 0.3 is 6.03 Å². The number of aromatic hydroxyl groups is 1. The minimum absolute atomic E-state index is 0.0346. The molecule has 1 saturated carbocycles. The van der Waals surface area contributed by atoms with Crippen LogP contribution in [0.4, 0.5) is 9.18 Å². The van der Waals surface area contributed by atoms with Gasteiger partial charge in [0.2, 0.25) is 0 Å². The molecule has 2 fully saturated rings. The van der Waals surface area contributed by atoms with Crippen LogP contribution in [-0.4, -0.2) is 30.4 Å². The van der Waals surface area contributed by atoms with Crippen molar-refractivity contribution < 1.29 is 19.0 Å². The van der Waals surface area contributed by atoms with E-state index < -0.39 is 5.82 Å². The minimum atomic E-state index is -0.525. The van der Waals surface area contributed by atoms with Crippen molar-refractivity contribution in [2.45, 2.75) is 31.8 Å². The van der Waals surface area contributed by atoms with Crippen LogP contribution in [0.3, 0.4) is 0 Å². The Balaban J connectivity index is 1.49. The summed E-state index contributed by atoms with van der Waals surface area (Å²) in [6.45, 7) is 1.47. The Morgan fingerprint density at radius 3 is 2.90 bits per heavy atom. The molecule has 0 aromatic heterocycles. The number of halogens is 1. The average Bonchev–Trinajstić information content (AvgIpc) is 3.10. The summed E-state index contributed by atoms with van der Waals surface area (Å²) in [5.74, 6) is -0.676. The van der Waals surface area contributed by atoms with E-state index in [-0.39, 0.29) is 35.3 Å². The maximum Gasteiger partial charge on any atom is 0.315 e. The number of phenols is 1. The van der Waals surface area contributed by atoms with Gasteiger partial charge in [-0.1, -0.05) is 6.07 Å². The van der Waals surface area contributed by atoms with Gasteiger partial charge in [0.25, 0.3) is 0 Å². The normalized spacial score (nSPS) is 22.8. The van der Waals surface area contributed by atoms with Crippen LogP contribution in [0.25, 0.3) is 0 Å². The Morgan fingerprint density at radius 1 is 1.43 bits per heavy atom. The first-order valence-corrected chi connectivity index (χ1v) is 7.19. The number of carbonyl (C=O) groups excluding carboxylic acids is 1. The predicted molar refractivity (Wildman–Crippen MR) is 74.3 cm³/mol. The van der Waals surface area contributed by atoms with Crippen molar-refractivity contribution in [3.05, 3.63) is 29.6 Å². The number of ether oxygens (including phenoxy) is 1. The fourth-order valence-corrected chi connectivity index (χ4v) is 2.98. The largest absolute Gasteiger partial charge is 0.507 e. The monoisotopic (exact) mass is 294 g/mol. The zero-order chi connectivity index (χ0) is 14.9. The standard InChI is InChI=1S/C15H19FN2O3/c16-11-2-1-3-12(19)10(11)9-17-14(20)18-13-8-15(13)4-6-21-7-5-15/h1-3,13,19H,4-9H2,(H2,17,18,20)/t13-/m0/s1. The number of nitrogens with one attached hydrogen (secondary N) is 2. The number of phenolic OH excluding ortho intramolecular Hbond substituents is 1. The Morgan fingerprint density at radius 2 is 2.19 bits per heavy atom. The van der Waals surface area contributed by atoms with E-state index in [0.29, 0.717) is 0 Å². The van der Waals surface area contributed by atoms with Crippen molar-refractivity contribution in [2.24, 2.45) is 5.41 Å². The number of hydrogen-bond acceptors (Lipinski definition) is 3. The highest BCUT2D eigenvalue weighted by atomic mass is 19.1. The van der Waals surface area contributed by atoms with E-state index in [0.717, 1.165) is 32.5 Å². The average molecular weight is 294 g/mol. The lowest BCUT2D eigenvalue weighted by Crippen LogP contribution is -2.39. The number of benzene rings is 1. The van der Waals surface area contributed by atoms with E-state index in [9.17, 15) is 14.3 Å². The quantitative estimate of drug-likeness (QED) is 0.797. The number of rotatable bonds is 3. The van der Waals surface area contributed by atoms with E-state index in [4.69, 9.17) is 4.74 Å². The Hall–Kier alpha value is -1.82. The first-order chi connectivity index (χ1) is 10.1. The molecule has 2 aliphatic rings. The van der Waals surface area contributed by atoms with Gasteiger partial charge < -0.3 is 20.5 Å². The van der Waals surface area contributed by atoms with Crippen molar-refractivity contribution in [3.8, 4) is 5.75 Å². The van der Waals surface area contributed by atoms with Gasteiger partial charge in [0.15, 0.2) is 0 Å². The molecule has 1 atom stereocenters. The molecule has 1 saturated heterocycles. The molecule has 0 unspecified atom stereocenters. The SMILES string of the molecule is O=C(NCc1c(O)cccc1F)N[C@H]1CC12CCOCC2. The zero-order valence-corrected chi connectivity index (χ0v) is 11.7. The van der Waals surface area contributed by atoms with Crippen molar-refractivity contribution in [1.82, 2.24) is 10.6 Å². The van der Waals surface area contributed by atoms with E-state index in [1.807, 2.05) is 0 Å². The Bertz CT molecular complexity index is 523. The van der Waals surface area contributed by atoms with Crippen LogP contribution in [0.5, 0.6) is 5.75 Å². The lowest BCUT2D eigenvalue weighted by Gasteiger charge is -2.23. The third kappa shape index (κ3) is 2.95. The molecule has 3 N–H and O–H groups in total. The molecule has 1 aromatic rings. The lowest BCUT2D eigenvalue weighted by molar-refractivity contribution is 0.0547. The van der Waals surface area contributed by atoms with Crippen molar-refractivity contribution in [1.29, 1.82) is 0 Å². The molecule has 2 amide bonds. The zero-order valence-electron chi connectivity index (χ0n) is 11.7. The molecule has 1 heterocycles. The topological polar surface area (TPSA) is 70.6 Å². The van der Waals surface area contributed by atoms with Crippen molar-refractivity contribution >= 4 is 6.03 Å². The van der Waals surface area contributed by atoms with Gasteiger partial charge in [-0.3, -0.25) is 0 Å². The second-order valence-corrected chi connectivity index (χ2v) is 5.80. The van der Waals surface area contributed by atoms with Crippen LogP contribution in [0.1, 0.15) is 24.8 Å². The van der Waals surface area contributed by atoms with Crippen LogP contribution in [0.15, 0.2) is 18.2 Å². The molecule has 6 heteroatoms. The van der Waals surface area contributed by atoms with Gasteiger partial charge in [-0.2, -0.15) is 0 Å². The van der Waals surface area contributed by atoms with Crippen LogP contribution < -0.4 is 10.6 Å². The fraction of sp³-hybridized carbons (Fsp3) is 0.533. The van der Waals surface area contributed by atoms with E-state index in [1.54, 1.807) is 0 Å². The highest BCUT2D eigenvalue weighted by molar-refractivity contribution is 5.75. The van der Waals surface area contributed by atoms with Gasteiger partial charge in [0, 0.05) is 24.8 Å².